The van der Waals surface area contributed by atoms with Crippen LogP contribution >= 0.6 is 0 Å². The molecule has 2 aromatic rings. The van der Waals surface area contributed by atoms with Gasteiger partial charge in [0, 0.05) is 48.5 Å². The van der Waals surface area contributed by atoms with E-state index in [-0.39, 0.29) is 23.6 Å². The summed E-state index contributed by atoms with van der Waals surface area (Å²) in [5, 5.41) is 17.1. The van der Waals surface area contributed by atoms with Crippen LogP contribution < -0.4 is 15.5 Å². The minimum Gasteiger partial charge on any atom is -0.382 e. The molecule has 41 heavy (non-hydrogen) atoms. The molecule has 7 nitrogen and oxygen atoms in total. The van der Waals surface area contributed by atoms with E-state index in [1.165, 1.54) is 18.2 Å². The van der Waals surface area contributed by atoms with Crippen molar-refractivity contribution < 1.29 is 36.1 Å². The maximum absolute atomic E-state index is 13.3. The second-order valence-electron chi connectivity index (χ2n) is 11.2. The van der Waals surface area contributed by atoms with Gasteiger partial charge in [-0.25, -0.2) is 0 Å². The van der Waals surface area contributed by atoms with Crippen molar-refractivity contribution in [1.82, 2.24) is 5.32 Å². The number of hydrogen-bond acceptors (Lipinski definition) is 5. The van der Waals surface area contributed by atoms with Crippen molar-refractivity contribution in [2.24, 2.45) is 11.3 Å². The van der Waals surface area contributed by atoms with Gasteiger partial charge in [-0.1, -0.05) is 6.92 Å². The van der Waals surface area contributed by atoms with Crippen LogP contribution in [0.3, 0.4) is 0 Å². The Kier molecular flexibility index (Phi) is 8.74. The minimum absolute atomic E-state index is 0.0598. The second kappa shape index (κ2) is 11.8. The molecule has 0 spiro atoms. The summed E-state index contributed by atoms with van der Waals surface area (Å²) in [6.45, 7) is 3.47. The molecule has 1 aliphatic heterocycles. The molecular weight excluding hydrogens is 554 g/mol. The zero-order valence-electron chi connectivity index (χ0n) is 22.4. The Bertz CT molecular complexity index is 1230. The Morgan fingerprint density at radius 1 is 0.976 bits per heavy atom. The highest BCUT2D eigenvalue weighted by Crippen LogP contribution is 2.39. The van der Waals surface area contributed by atoms with Crippen LogP contribution in [0, 0.1) is 21.4 Å². The average Bonchev–Trinajstić information content (AvgIpc) is 2.92. The monoisotopic (exact) mass is 586 g/mol. The SMILES string of the molecule is CC1(C(=O)NC[C@H]2CC[C@H](Nc3ccc([N+](=O)[O-])c(C(F)(F)F)c3)CC2)CCN(c2ccc(C(F)(F)F)cc2)CC1. The number of rotatable bonds is 7. The molecule has 0 unspecified atom stereocenters. The number of nitro benzene ring substituents is 1. The summed E-state index contributed by atoms with van der Waals surface area (Å²) in [5.41, 5.74) is -2.70. The van der Waals surface area contributed by atoms with Crippen molar-refractivity contribution in [3.8, 4) is 0 Å². The smallest absolute Gasteiger partial charge is 0.382 e. The number of nitrogens with one attached hydrogen (secondary N) is 2. The second-order valence-corrected chi connectivity index (χ2v) is 11.2. The van der Waals surface area contributed by atoms with Crippen LogP contribution in [0.25, 0.3) is 0 Å². The van der Waals surface area contributed by atoms with Crippen molar-refractivity contribution in [1.29, 1.82) is 0 Å². The van der Waals surface area contributed by atoms with Gasteiger partial charge in [-0.15, -0.1) is 0 Å². The van der Waals surface area contributed by atoms with Crippen LogP contribution in [-0.2, 0) is 17.1 Å². The lowest BCUT2D eigenvalue weighted by Gasteiger charge is -2.40. The summed E-state index contributed by atoms with van der Waals surface area (Å²) >= 11 is 0. The summed E-state index contributed by atoms with van der Waals surface area (Å²) < 4.78 is 78.3. The van der Waals surface area contributed by atoms with Gasteiger partial charge in [0.2, 0.25) is 5.91 Å². The van der Waals surface area contributed by atoms with Gasteiger partial charge >= 0.3 is 12.4 Å². The van der Waals surface area contributed by atoms with Crippen LogP contribution in [0.2, 0.25) is 0 Å². The fourth-order valence-corrected chi connectivity index (χ4v) is 5.56. The van der Waals surface area contributed by atoms with Crippen molar-refractivity contribution in [2.75, 3.05) is 29.9 Å². The van der Waals surface area contributed by atoms with Crippen LogP contribution in [-0.4, -0.2) is 36.5 Å². The lowest BCUT2D eigenvalue weighted by Crippen LogP contribution is -2.48. The first-order valence-electron chi connectivity index (χ1n) is 13.5. The van der Waals surface area contributed by atoms with E-state index in [0.717, 1.165) is 37.1 Å². The maximum Gasteiger partial charge on any atom is 0.423 e. The molecule has 0 radical (unpaired) electrons. The van der Waals surface area contributed by atoms with Crippen molar-refractivity contribution in [3.05, 3.63) is 63.7 Å². The van der Waals surface area contributed by atoms with Gasteiger partial charge in [-0.05, 0) is 80.8 Å². The van der Waals surface area contributed by atoms with Gasteiger partial charge in [-0.3, -0.25) is 14.9 Å². The first-order chi connectivity index (χ1) is 19.2. The Balaban J connectivity index is 1.22. The van der Waals surface area contributed by atoms with E-state index in [1.807, 2.05) is 11.8 Å². The molecule has 1 amide bonds. The lowest BCUT2D eigenvalue weighted by molar-refractivity contribution is -0.388. The Hall–Kier alpha value is -3.51. The molecule has 4 rings (SSSR count). The number of anilines is 2. The van der Waals surface area contributed by atoms with E-state index in [1.54, 1.807) is 0 Å². The highest BCUT2D eigenvalue weighted by atomic mass is 19.4. The number of alkyl halides is 6. The third-order valence-corrected chi connectivity index (χ3v) is 8.24. The maximum atomic E-state index is 13.3. The van der Waals surface area contributed by atoms with Gasteiger partial charge < -0.3 is 15.5 Å². The normalized spacial score (nSPS) is 21.3. The van der Waals surface area contributed by atoms with Gasteiger partial charge in [0.25, 0.3) is 5.69 Å². The number of amides is 1. The van der Waals surface area contributed by atoms with Crippen LogP contribution in [0.15, 0.2) is 42.5 Å². The minimum atomic E-state index is -4.84. The van der Waals surface area contributed by atoms with E-state index in [9.17, 15) is 41.3 Å². The third kappa shape index (κ3) is 7.42. The number of piperidine rings is 1. The molecule has 1 aliphatic carbocycles. The molecule has 0 aromatic heterocycles. The molecule has 13 heteroatoms. The quantitative estimate of drug-likeness (QED) is 0.207. The zero-order chi connectivity index (χ0) is 30.0. The fraction of sp³-hybridized carbons (Fsp3) is 0.536. The molecule has 1 saturated heterocycles. The van der Waals surface area contributed by atoms with Crippen LogP contribution in [0.4, 0.5) is 43.4 Å². The standard InChI is InChI=1S/C28H32F6N4O3/c1-26(12-14-37(15-13-26)22-9-4-19(5-10-22)27(29,30)31)25(39)35-17-18-2-6-20(7-3-18)36-21-8-11-24(38(40)41)23(16-21)28(32,33)34/h4-5,8-11,16,18,20,36H,2-3,6-7,12-15,17H2,1H3,(H,35,39)/t18-,20-. The number of carbonyl (C=O) groups is 1. The number of hydrogen-bond donors (Lipinski definition) is 2. The van der Waals surface area contributed by atoms with E-state index in [0.29, 0.717) is 51.0 Å². The molecule has 1 heterocycles. The molecular formula is C28H32F6N4O3. The molecule has 1 saturated carbocycles. The van der Waals surface area contributed by atoms with E-state index < -0.39 is 39.5 Å². The predicted molar refractivity (Wildman–Crippen MR) is 141 cm³/mol. The fourth-order valence-electron chi connectivity index (χ4n) is 5.56. The van der Waals surface area contributed by atoms with Crippen LogP contribution in [0.5, 0.6) is 0 Å². The number of carbonyl (C=O) groups excluding carboxylic acids is 1. The molecule has 2 aliphatic rings. The molecule has 2 fully saturated rings. The summed E-state index contributed by atoms with van der Waals surface area (Å²) in [6, 6.07) is 7.85. The lowest BCUT2D eigenvalue weighted by atomic mass is 9.79. The number of halogens is 6. The number of benzene rings is 2. The van der Waals surface area contributed by atoms with Crippen molar-refractivity contribution >= 4 is 23.0 Å². The zero-order valence-corrected chi connectivity index (χ0v) is 22.4. The Labute approximate surface area is 233 Å². The van der Waals surface area contributed by atoms with E-state index >= 15 is 0 Å². The summed E-state index contributed by atoms with van der Waals surface area (Å²) in [6.07, 6.45) is -5.23. The Morgan fingerprint density at radius 2 is 1.59 bits per heavy atom. The summed E-state index contributed by atoms with van der Waals surface area (Å²) in [7, 11) is 0. The van der Waals surface area contributed by atoms with Gasteiger partial charge in [0.1, 0.15) is 5.56 Å². The van der Waals surface area contributed by atoms with Gasteiger partial charge in [-0.2, -0.15) is 26.3 Å². The number of nitrogens with zero attached hydrogens (tertiary/aromatic N) is 2. The topological polar surface area (TPSA) is 87.5 Å². The predicted octanol–water partition coefficient (Wildman–Crippen LogP) is 7.03. The van der Waals surface area contributed by atoms with Crippen molar-refractivity contribution in [2.45, 2.75) is 63.8 Å². The Morgan fingerprint density at radius 3 is 2.12 bits per heavy atom. The highest BCUT2D eigenvalue weighted by Gasteiger charge is 2.39. The van der Waals surface area contributed by atoms with Crippen molar-refractivity contribution in [3.63, 3.8) is 0 Å². The van der Waals surface area contributed by atoms with Gasteiger partial charge in [0.15, 0.2) is 0 Å². The summed E-state index contributed by atoms with van der Waals surface area (Å²) in [4.78, 5) is 24.9. The molecule has 2 N–H and O–H groups in total. The largest absolute Gasteiger partial charge is 0.423 e. The molecule has 0 atom stereocenters. The number of nitro groups is 1. The highest BCUT2D eigenvalue weighted by molar-refractivity contribution is 5.82. The summed E-state index contributed by atoms with van der Waals surface area (Å²) in [5.74, 6) is 0.158. The van der Waals surface area contributed by atoms with E-state index in [4.69, 9.17) is 0 Å². The van der Waals surface area contributed by atoms with Crippen LogP contribution in [0.1, 0.15) is 56.6 Å². The first kappa shape index (κ1) is 30.4. The van der Waals surface area contributed by atoms with E-state index in [2.05, 4.69) is 10.6 Å². The third-order valence-electron chi connectivity index (χ3n) is 8.24. The molecule has 0 bridgehead atoms. The first-order valence-corrected chi connectivity index (χ1v) is 13.5. The van der Waals surface area contributed by atoms with Gasteiger partial charge in [0.05, 0.1) is 10.5 Å². The molecule has 2 aromatic carbocycles. The molecule has 224 valence electrons. The average molecular weight is 587 g/mol.